The van der Waals surface area contributed by atoms with Gasteiger partial charge in [0.15, 0.2) is 0 Å². The highest BCUT2D eigenvalue weighted by Crippen LogP contribution is 2.15. The Hall–Kier alpha value is -0.930. The summed E-state index contributed by atoms with van der Waals surface area (Å²) in [4.78, 5) is 19.8. The van der Waals surface area contributed by atoms with E-state index in [-0.39, 0.29) is 19.3 Å². The Kier molecular flexibility index (Phi) is 6.92. The van der Waals surface area contributed by atoms with E-state index in [2.05, 4.69) is 6.92 Å². The van der Waals surface area contributed by atoms with Gasteiger partial charge in [0, 0.05) is 6.42 Å². The minimum atomic E-state index is -2.34. The average molecular weight is 219 g/mol. The Morgan fingerprint density at radius 3 is 2.53 bits per heavy atom. The fourth-order valence-corrected chi connectivity index (χ4v) is 1.10. The highest BCUT2D eigenvalue weighted by Gasteiger charge is 2.42. The lowest BCUT2D eigenvalue weighted by Gasteiger charge is -2.12. The van der Waals surface area contributed by atoms with Crippen molar-refractivity contribution in [3.05, 3.63) is 0 Å². The minimum absolute atomic E-state index is 0.114. The van der Waals surface area contributed by atoms with Gasteiger partial charge in [0.25, 0.3) is 0 Å². The maximum Gasteiger partial charge on any atom is 0.357 e. The van der Waals surface area contributed by atoms with Gasteiger partial charge in [-0.2, -0.15) is 0 Å². The van der Waals surface area contributed by atoms with Crippen LogP contribution < -0.4 is 0 Å². The SMILES string of the molecule is CCCCCCOC(=O)C(F)(C=[OH+])CC. The summed E-state index contributed by atoms with van der Waals surface area (Å²) in [5.74, 6) is -0.996. The summed E-state index contributed by atoms with van der Waals surface area (Å²) in [6, 6.07) is 0. The van der Waals surface area contributed by atoms with Crippen LogP contribution >= 0.6 is 0 Å². The summed E-state index contributed by atoms with van der Waals surface area (Å²) < 4.78 is 18.2. The highest BCUT2D eigenvalue weighted by atomic mass is 19.1. The fraction of sp³-hybridized carbons (Fsp3) is 0.818. The molecule has 0 aliphatic heterocycles. The number of hydrogen-bond donors (Lipinski definition) is 0. The van der Waals surface area contributed by atoms with E-state index in [0.29, 0.717) is 0 Å². The first-order valence-corrected chi connectivity index (χ1v) is 5.45. The van der Waals surface area contributed by atoms with Crippen molar-refractivity contribution in [1.29, 1.82) is 0 Å². The predicted molar refractivity (Wildman–Crippen MR) is 57.2 cm³/mol. The molecule has 4 heteroatoms. The molecule has 0 rings (SSSR count). The van der Waals surface area contributed by atoms with Crippen LogP contribution in [-0.2, 0) is 9.53 Å². The number of halogens is 1. The molecule has 88 valence electrons. The lowest BCUT2D eigenvalue weighted by Crippen LogP contribution is -2.36. The van der Waals surface area contributed by atoms with Gasteiger partial charge >= 0.3 is 17.9 Å². The van der Waals surface area contributed by atoms with Crippen LogP contribution in [0.3, 0.4) is 0 Å². The molecule has 1 N–H and O–H groups in total. The zero-order valence-electron chi connectivity index (χ0n) is 9.46. The number of alkyl halides is 1. The monoisotopic (exact) mass is 219 g/mol. The third kappa shape index (κ3) is 4.91. The van der Waals surface area contributed by atoms with Crippen molar-refractivity contribution >= 4 is 12.3 Å². The number of hydrogen-bond acceptors (Lipinski definition) is 2. The number of rotatable bonds is 8. The fourth-order valence-electron chi connectivity index (χ4n) is 1.10. The molecular weight excluding hydrogens is 199 g/mol. The summed E-state index contributed by atoms with van der Waals surface area (Å²) in [7, 11) is 0. The summed E-state index contributed by atoms with van der Waals surface area (Å²) >= 11 is 0. The van der Waals surface area contributed by atoms with Crippen LogP contribution in [0.1, 0.15) is 46.0 Å². The number of ether oxygens (including phenoxy) is 1. The number of unbranched alkanes of at least 4 members (excludes halogenated alkanes) is 3. The highest BCUT2D eigenvalue weighted by molar-refractivity contribution is 5.96. The predicted octanol–water partition coefficient (Wildman–Crippen LogP) is 2.40. The molecule has 0 aliphatic carbocycles. The van der Waals surface area contributed by atoms with Crippen LogP contribution in [0, 0.1) is 0 Å². The van der Waals surface area contributed by atoms with Gasteiger partial charge in [-0.05, 0) is 6.42 Å². The third-order valence-corrected chi connectivity index (χ3v) is 2.29. The van der Waals surface area contributed by atoms with Gasteiger partial charge in [-0.1, -0.05) is 33.1 Å². The smallest absolute Gasteiger partial charge is 0.357 e. The number of esters is 1. The molecule has 15 heavy (non-hydrogen) atoms. The van der Waals surface area contributed by atoms with Crippen molar-refractivity contribution in [2.24, 2.45) is 0 Å². The van der Waals surface area contributed by atoms with Gasteiger partial charge in [-0.15, -0.1) is 0 Å². The van der Waals surface area contributed by atoms with Crippen molar-refractivity contribution in [2.45, 2.75) is 51.6 Å². The van der Waals surface area contributed by atoms with Gasteiger partial charge in [-0.25, -0.2) is 9.18 Å². The molecule has 0 aliphatic rings. The summed E-state index contributed by atoms with van der Waals surface area (Å²) in [5, 5.41) is 0. The second-order valence-electron chi connectivity index (χ2n) is 3.54. The van der Waals surface area contributed by atoms with E-state index in [4.69, 9.17) is 9.53 Å². The summed E-state index contributed by atoms with van der Waals surface area (Å²) in [6.07, 6.45) is 4.04. The summed E-state index contributed by atoms with van der Waals surface area (Å²) in [5.41, 5.74) is -2.34. The molecule has 1 atom stereocenters. The summed E-state index contributed by atoms with van der Waals surface area (Å²) in [6.45, 7) is 3.78. The number of carbonyl (C=O) groups excluding carboxylic acids is 2. The molecule has 0 spiro atoms. The van der Waals surface area contributed by atoms with Crippen molar-refractivity contribution in [1.82, 2.24) is 0 Å². The average Bonchev–Trinajstić information content (AvgIpc) is 2.27. The van der Waals surface area contributed by atoms with Crippen LogP contribution in [0.25, 0.3) is 0 Å². The van der Waals surface area contributed by atoms with Crippen molar-refractivity contribution < 1.29 is 18.7 Å². The molecule has 0 aromatic carbocycles. The van der Waals surface area contributed by atoms with Crippen LogP contribution in [-0.4, -0.2) is 29.3 Å². The van der Waals surface area contributed by atoms with Gasteiger partial charge < -0.3 is 4.74 Å². The first-order chi connectivity index (χ1) is 7.10. The third-order valence-electron chi connectivity index (χ3n) is 2.29. The van der Waals surface area contributed by atoms with Crippen LogP contribution in [0.15, 0.2) is 0 Å². The molecule has 0 heterocycles. The van der Waals surface area contributed by atoms with Gasteiger partial charge in [0.05, 0.1) is 6.61 Å². The number of aldehydes is 1. The van der Waals surface area contributed by atoms with Crippen LogP contribution in [0.5, 0.6) is 0 Å². The maximum atomic E-state index is 13.4. The maximum absolute atomic E-state index is 13.4. The Morgan fingerprint density at radius 1 is 1.40 bits per heavy atom. The molecule has 1 unspecified atom stereocenters. The molecule has 0 bridgehead atoms. The molecule has 0 aromatic rings. The Balaban J connectivity index is 3.77. The van der Waals surface area contributed by atoms with E-state index in [9.17, 15) is 9.18 Å². The first kappa shape index (κ1) is 14.1. The second-order valence-corrected chi connectivity index (χ2v) is 3.54. The molecule has 0 saturated heterocycles. The molecule has 3 nitrogen and oxygen atoms in total. The van der Waals surface area contributed by atoms with Crippen molar-refractivity contribution in [2.75, 3.05) is 6.61 Å². The van der Waals surface area contributed by atoms with Crippen molar-refractivity contribution in [3.8, 4) is 0 Å². The largest absolute Gasteiger partial charge is 0.463 e. The lowest BCUT2D eigenvalue weighted by atomic mass is 10.1. The topological polar surface area (TPSA) is 47.7 Å². The van der Waals surface area contributed by atoms with E-state index < -0.39 is 11.6 Å². The molecule has 0 aromatic heterocycles. The first-order valence-electron chi connectivity index (χ1n) is 5.45. The molecular formula is C11H20FO3+. The zero-order chi connectivity index (χ0) is 11.7. The van der Waals surface area contributed by atoms with Gasteiger partial charge in [0.1, 0.15) is 0 Å². The minimum Gasteiger partial charge on any atom is -0.463 e. The standard InChI is InChI=1S/C11H19FO3/c1-3-5-6-7-8-15-10(14)11(12,4-2)9-13/h9H,3-8H2,1-2H3/p+1. The second kappa shape index (κ2) is 7.37. The Morgan fingerprint density at radius 2 is 2.07 bits per heavy atom. The quantitative estimate of drug-likeness (QED) is 0.207. The van der Waals surface area contributed by atoms with E-state index in [1.165, 1.54) is 6.92 Å². The molecule has 0 saturated carbocycles. The molecule has 0 radical (unpaired) electrons. The Bertz CT molecular complexity index is 206. The van der Waals surface area contributed by atoms with E-state index in [0.717, 1.165) is 25.7 Å². The number of carbonyl (C=O) groups is 1. The van der Waals surface area contributed by atoms with E-state index in [1.54, 1.807) is 0 Å². The lowest BCUT2D eigenvalue weighted by molar-refractivity contribution is -0.153. The van der Waals surface area contributed by atoms with Gasteiger partial charge in [0.2, 0.25) is 0 Å². The van der Waals surface area contributed by atoms with Crippen LogP contribution in [0.4, 0.5) is 4.39 Å². The van der Waals surface area contributed by atoms with E-state index in [1.807, 2.05) is 0 Å². The zero-order valence-corrected chi connectivity index (χ0v) is 9.46. The van der Waals surface area contributed by atoms with Crippen LogP contribution in [0.2, 0.25) is 0 Å². The van der Waals surface area contributed by atoms with Gasteiger partial charge in [-0.3, -0.25) is 4.79 Å². The molecule has 0 fully saturated rings. The molecule has 0 amide bonds. The van der Waals surface area contributed by atoms with E-state index >= 15 is 0 Å². The Labute approximate surface area is 90.0 Å². The normalized spacial score (nSPS) is 14.3. The van der Waals surface area contributed by atoms with Crippen molar-refractivity contribution in [3.63, 3.8) is 0 Å².